The number of nitrogens with zero attached hydrogens (tertiary/aromatic N) is 4. The number of aromatic nitrogens is 2. The molecule has 2 aromatic heterocycles. The van der Waals surface area contributed by atoms with Gasteiger partial charge in [0.2, 0.25) is 0 Å². The molecule has 0 aliphatic rings. The van der Waals surface area contributed by atoms with E-state index in [-0.39, 0.29) is 68.9 Å². The van der Waals surface area contributed by atoms with E-state index >= 15 is 19.2 Å². The lowest BCUT2D eigenvalue weighted by atomic mass is 9.89. The molecule has 0 spiro atoms. The fourth-order valence-electron chi connectivity index (χ4n) is 15.9. The molecule has 8 nitrogen and oxygen atoms in total. The quantitative estimate of drug-likeness (QED) is 0.0255. The van der Waals surface area contributed by atoms with Gasteiger partial charge in [-0.3, -0.25) is 19.2 Å². The Labute approximate surface area is 671 Å². The van der Waals surface area contributed by atoms with Crippen LogP contribution in [0.1, 0.15) is 400 Å². The van der Waals surface area contributed by atoms with Gasteiger partial charge in [0.25, 0.3) is 22.2 Å². The summed E-state index contributed by atoms with van der Waals surface area (Å²) >= 11 is 0. The molecule has 9 rings (SSSR count). The van der Waals surface area contributed by atoms with Gasteiger partial charge in [-0.05, 0) is 226 Å². The molecular weight excluding hydrogens is 1370 g/mol. The SMILES string of the molecule is [C-]#[N+]c1c(C(C)C)cc(C#Cc2cc(CCCCCC)c(C#Cc3cc(C(C)C)c(-n4c(=O)c5cc6c(=O)n(-c7c(C(C)C)cc(C#Cc8cc(CCCCCC)c(C#Cc9cc(C(C)C)c([N+]#[C-])c(C(C)C)c9)cc8CCCCCC)cc7C(C)C)c(=O)c6cc5c4=O)c(C(C)C)c3)cc2CCCCCC)cc1C(C)C. The fraction of sp³-hybridized carbons (Fsp3) is 0.462. The van der Waals surface area contributed by atoms with Crippen molar-refractivity contribution >= 4 is 32.9 Å². The first kappa shape index (κ1) is 86.0. The number of benzene rings is 7. The van der Waals surface area contributed by atoms with Gasteiger partial charge < -0.3 is 0 Å². The maximum absolute atomic E-state index is 15.3. The molecule has 0 aliphatic heterocycles. The highest BCUT2D eigenvalue weighted by Gasteiger charge is 2.29. The topological polar surface area (TPSA) is 86.9 Å². The van der Waals surface area contributed by atoms with Crippen LogP contribution in [0.5, 0.6) is 0 Å². The molecular formula is C104H122N4O4. The Balaban J connectivity index is 1.14. The number of hydrogen-bond donors (Lipinski definition) is 0. The Kier molecular flexibility index (Phi) is 30.3. The number of unbranched alkanes of at least 4 members (excludes halogenated alkanes) is 12. The first-order chi connectivity index (χ1) is 53.6. The molecule has 0 unspecified atom stereocenters. The van der Waals surface area contributed by atoms with E-state index < -0.39 is 22.2 Å². The van der Waals surface area contributed by atoms with E-state index in [9.17, 15) is 0 Å². The number of hydrogen-bond acceptors (Lipinski definition) is 4. The lowest BCUT2D eigenvalue weighted by Crippen LogP contribution is -2.27. The van der Waals surface area contributed by atoms with Crippen LogP contribution in [0.25, 0.3) is 42.6 Å². The number of rotatable bonds is 30. The van der Waals surface area contributed by atoms with Crippen LogP contribution in [0.15, 0.2) is 104 Å². The third kappa shape index (κ3) is 19.9. The predicted molar refractivity (Wildman–Crippen MR) is 474 cm³/mol. The zero-order valence-corrected chi connectivity index (χ0v) is 71.3. The van der Waals surface area contributed by atoms with E-state index in [1.54, 1.807) is 0 Å². The van der Waals surface area contributed by atoms with Gasteiger partial charge >= 0.3 is 0 Å². The summed E-state index contributed by atoms with van der Waals surface area (Å²) in [6, 6.07) is 28.7. The monoisotopic (exact) mass is 1490 g/mol. The van der Waals surface area contributed by atoms with Crippen molar-refractivity contribution in [2.24, 2.45) is 0 Å². The number of aryl methyl sites for hydroxylation is 4. The second-order valence-electron chi connectivity index (χ2n) is 33.9. The van der Waals surface area contributed by atoms with Crippen molar-refractivity contribution in [1.29, 1.82) is 0 Å². The highest BCUT2D eigenvalue weighted by atomic mass is 16.2. The Hall–Kier alpha value is -9.96. The van der Waals surface area contributed by atoms with E-state index in [1.807, 2.05) is 24.3 Å². The summed E-state index contributed by atoms with van der Waals surface area (Å²) < 4.78 is 2.56. The van der Waals surface area contributed by atoms with Gasteiger partial charge in [-0.1, -0.05) is 287 Å². The van der Waals surface area contributed by atoms with Gasteiger partial charge in [0.05, 0.1) is 46.1 Å². The normalized spacial score (nSPS) is 11.5. The molecule has 9 aromatic rings. The maximum atomic E-state index is 15.3. The minimum atomic E-state index is -0.541. The zero-order chi connectivity index (χ0) is 81.4. The largest absolute Gasteiger partial charge is 0.268 e. The lowest BCUT2D eigenvalue weighted by molar-refractivity contribution is 0.662. The molecule has 0 radical (unpaired) electrons. The highest BCUT2D eigenvalue weighted by Crippen LogP contribution is 2.40. The van der Waals surface area contributed by atoms with Gasteiger partial charge in [-0.15, -0.1) is 0 Å². The molecule has 0 saturated heterocycles. The van der Waals surface area contributed by atoms with E-state index in [4.69, 9.17) is 13.1 Å². The first-order valence-electron chi connectivity index (χ1n) is 42.4. The van der Waals surface area contributed by atoms with Crippen LogP contribution >= 0.6 is 0 Å². The maximum Gasteiger partial charge on any atom is 0.266 e. The van der Waals surface area contributed by atoms with Gasteiger partial charge in [0.1, 0.15) is 0 Å². The molecule has 0 N–H and O–H groups in total. The molecule has 7 aromatic carbocycles. The van der Waals surface area contributed by atoms with Crippen LogP contribution in [0.4, 0.5) is 11.4 Å². The van der Waals surface area contributed by atoms with Crippen molar-refractivity contribution in [3.8, 4) is 58.7 Å². The van der Waals surface area contributed by atoms with Crippen LogP contribution in [-0.2, 0) is 25.7 Å². The van der Waals surface area contributed by atoms with Crippen LogP contribution in [-0.4, -0.2) is 9.13 Å². The minimum Gasteiger partial charge on any atom is -0.268 e. The molecule has 8 heteroatoms. The van der Waals surface area contributed by atoms with Crippen molar-refractivity contribution in [2.75, 3.05) is 0 Å². The Morgan fingerprint density at radius 3 is 0.643 bits per heavy atom. The molecule has 0 aliphatic carbocycles. The molecule has 0 fully saturated rings. The van der Waals surface area contributed by atoms with Gasteiger partial charge in [0.15, 0.2) is 11.4 Å². The zero-order valence-electron chi connectivity index (χ0n) is 71.3. The summed E-state index contributed by atoms with van der Waals surface area (Å²) in [6.07, 6.45) is 21.2. The van der Waals surface area contributed by atoms with Crippen LogP contribution < -0.4 is 22.2 Å². The summed E-state index contributed by atoms with van der Waals surface area (Å²) in [5, 5.41) is 0.349. The molecule has 112 heavy (non-hydrogen) atoms. The average Bonchev–Trinajstić information content (AvgIpc) is 1.54. The van der Waals surface area contributed by atoms with E-state index in [0.29, 0.717) is 11.4 Å². The number of fused-ring (bicyclic) bond motifs is 2. The Morgan fingerprint density at radius 1 is 0.268 bits per heavy atom. The standard InChI is InChI=1S/C104H122N4O4/c1-23-27-31-35-39-77-61-83(79(41-37-33-29-25-3)59-81(77)47-43-73-51-85(65(5)6)97(105-21)86(52-73)66(7)8)49-45-75-55-89(69(13)14)99(90(56-75)70(15)16)107-101(109)93-63-95-96(64-94(93)102(107)110)104(112)108(103(95)111)100-91(71(17)18)57-76(58-92(100)72(19)20)46-50-84-62-78(40-36-32-28-24-2)82(60-80(84)42-38-34-30-26-4)48-44-74-53-87(67(9)10)98(106-22)88(54-74)68(11)12/h51-72H,23-42H2,1-20H3. The van der Waals surface area contributed by atoms with Crippen molar-refractivity contribution < 1.29 is 0 Å². The second kappa shape index (κ2) is 39.5. The van der Waals surface area contributed by atoms with Gasteiger partial charge in [-0.2, -0.15) is 0 Å². The van der Waals surface area contributed by atoms with Crippen LogP contribution in [0, 0.1) is 60.5 Å². The molecule has 0 saturated carbocycles. The summed E-state index contributed by atoms with van der Waals surface area (Å²) in [5.74, 6) is 29.3. The minimum absolute atomic E-state index is 0.0872. The van der Waals surface area contributed by atoms with Gasteiger partial charge in [-0.25, -0.2) is 18.8 Å². The third-order valence-corrected chi connectivity index (χ3v) is 22.4. The highest BCUT2D eigenvalue weighted by molar-refractivity contribution is 5.98. The Morgan fingerprint density at radius 2 is 0.464 bits per heavy atom. The second-order valence-corrected chi connectivity index (χ2v) is 33.9. The summed E-state index contributed by atoms with van der Waals surface area (Å²) in [7, 11) is 0. The lowest BCUT2D eigenvalue weighted by Gasteiger charge is -2.20. The fourth-order valence-corrected chi connectivity index (χ4v) is 15.9. The summed E-state index contributed by atoms with van der Waals surface area (Å²) in [4.78, 5) is 69.4. The molecule has 582 valence electrons. The van der Waals surface area contributed by atoms with Gasteiger partial charge in [0, 0.05) is 44.5 Å². The molecule has 0 atom stereocenters. The first-order valence-corrected chi connectivity index (χ1v) is 42.4. The Bertz CT molecular complexity index is 4990. The van der Waals surface area contributed by atoms with Crippen molar-refractivity contribution in [2.45, 2.75) is 314 Å². The van der Waals surface area contributed by atoms with Crippen molar-refractivity contribution in [1.82, 2.24) is 9.13 Å². The van der Waals surface area contributed by atoms with E-state index in [0.717, 1.165) is 240 Å². The predicted octanol–water partition coefficient (Wildman–Crippen LogP) is 26.1. The molecule has 2 heterocycles. The summed E-state index contributed by atoms with van der Waals surface area (Å²) in [6.45, 7) is 58.8. The molecule has 0 bridgehead atoms. The smallest absolute Gasteiger partial charge is 0.266 e. The van der Waals surface area contributed by atoms with Crippen LogP contribution in [0.2, 0.25) is 0 Å². The van der Waals surface area contributed by atoms with E-state index in [1.165, 1.54) is 32.4 Å². The average molecular weight is 1490 g/mol. The summed E-state index contributed by atoms with van der Waals surface area (Å²) in [5.41, 5.74) is 19.8. The van der Waals surface area contributed by atoms with Crippen molar-refractivity contribution in [3.63, 3.8) is 0 Å². The third-order valence-electron chi connectivity index (χ3n) is 22.4. The van der Waals surface area contributed by atoms with E-state index in [2.05, 4.69) is 244 Å². The van der Waals surface area contributed by atoms with Crippen molar-refractivity contribution in [3.05, 3.63) is 260 Å². The van der Waals surface area contributed by atoms with Crippen LogP contribution in [0.3, 0.4) is 0 Å². The molecule has 0 amide bonds.